The summed E-state index contributed by atoms with van der Waals surface area (Å²) < 4.78 is 69.4. The summed E-state index contributed by atoms with van der Waals surface area (Å²) in [5.74, 6) is 0.639. The highest BCUT2D eigenvalue weighted by molar-refractivity contribution is 7.33. The van der Waals surface area contributed by atoms with Gasteiger partial charge in [0.1, 0.15) is 54.0 Å². The Bertz CT molecular complexity index is 2690. The van der Waals surface area contributed by atoms with Gasteiger partial charge in [-0.3, -0.25) is 9.88 Å². The smallest absolute Gasteiger partial charge is 0.508 e. The molecule has 3 aromatic carbocycles. The van der Waals surface area contributed by atoms with Gasteiger partial charge in [0.25, 0.3) is 0 Å². The number of aromatic hydroxyl groups is 1. The van der Waals surface area contributed by atoms with Crippen LogP contribution in [0, 0.1) is 29.9 Å². The maximum atomic E-state index is 17.4. The molecule has 16 heteroatoms. The third kappa shape index (κ3) is 9.39. The molecule has 0 spiro atoms. The van der Waals surface area contributed by atoms with Crippen LogP contribution in [0.5, 0.6) is 17.5 Å². The number of nitrogens with one attached hydrogen (secondary N) is 1. The van der Waals surface area contributed by atoms with Crippen LogP contribution in [-0.4, -0.2) is 87.9 Å². The number of unbranched alkanes of at least 4 members (excludes halogenated alkanes) is 5. The van der Waals surface area contributed by atoms with Gasteiger partial charge in [0, 0.05) is 59.0 Å². The Morgan fingerprint density at radius 1 is 1.05 bits per heavy atom. The van der Waals surface area contributed by atoms with E-state index in [1.807, 2.05) is 0 Å². The highest BCUT2D eigenvalue weighted by atomic mass is 31.1. The van der Waals surface area contributed by atoms with Crippen LogP contribution in [0.1, 0.15) is 106 Å². The second-order valence-electron chi connectivity index (χ2n) is 18.4. The van der Waals surface area contributed by atoms with Crippen molar-refractivity contribution in [2.75, 3.05) is 44.3 Å². The van der Waals surface area contributed by atoms with Crippen molar-refractivity contribution < 1.29 is 41.8 Å². The molecular formula is C50H56F2N6O7P+. The predicted octanol–water partition coefficient (Wildman–Crippen LogP) is 9.77. The van der Waals surface area contributed by atoms with Gasteiger partial charge in [-0.25, -0.2) is 18.1 Å². The number of esters is 1. The van der Waals surface area contributed by atoms with Crippen LogP contribution in [-0.2, 0) is 20.4 Å². The molecular weight excluding hydrogens is 866 g/mol. The number of piperazine rings is 1. The molecule has 0 amide bonds. The number of benzene rings is 3. The Balaban J connectivity index is 0.996. The average Bonchev–Trinajstić information content (AvgIpc) is 3.96. The minimum absolute atomic E-state index is 0.0194. The van der Waals surface area contributed by atoms with E-state index in [4.69, 9.17) is 29.9 Å². The largest absolute Gasteiger partial charge is 0.750 e. The molecule has 0 aliphatic carbocycles. The zero-order valence-corrected chi connectivity index (χ0v) is 38.4. The molecule has 5 atom stereocenters. The third-order valence-electron chi connectivity index (χ3n) is 13.6. The van der Waals surface area contributed by atoms with Crippen LogP contribution in [0.15, 0.2) is 48.7 Å². The van der Waals surface area contributed by atoms with Crippen molar-refractivity contribution in [1.82, 2.24) is 25.2 Å². The number of aromatic nitrogens is 3. The highest BCUT2D eigenvalue weighted by Crippen LogP contribution is 2.43. The number of phenolic OH excluding ortho intramolecular Hbond substituents is 1. The van der Waals surface area contributed by atoms with Crippen molar-refractivity contribution in [2.45, 2.75) is 109 Å². The lowest BCUT2D eigenvalue weighted by Crippen LogP contribution is -2.51. The van der Waals surface area contributed by atoms with Gasteiger partial charge in [-0.15, -0.1) is 10.9 Å². The lowest BCUT2D eigenvalue weighted by molar-refractivity contribution is 0.0467. The van der Waals surface area contributed by atoms with Crippen molar-refractivity contribution in [2.24, 2.45) is 5.92 Å². The first-order chi connectivity index (χ1) is 32.0. The fraction of sp³-hybridized carbons (Fsp3) is 0.480. The number of phenols is 1. The van der Waals surface area contributed by atoms with E-state index in [1.165, 1.54) is 42.9 Å². The average molecular weight is 922 g/mol. The highest BCUT2D eigenvalue weighted by Gasteiger charge is 2.48. The van der Waals surface area contributed by atoms with Gasteiger partial charge >= 0.3 is 20.2 Å². The van der Waals surface area contributed by atoms with Gasteiger partial charge < -0.3 is 24.8 Å². The summed E-state index contributed by atoms with van der Waals surface area (Å²) in [7, 11) is -2.58. The lowest BCUT2D eigenvalue weighted by Gasteiger charge is -2.34. The molecule has 4 saturated heterocycles. The van der Waals surface area contributed by atoms with Gasteiger partial charge in [0.05, 0.1) is 16.5 Å². The van der Waals surface area contributed by atoms with Crippen LogP contribution < -0.4 is 19.5 Å². The van der Waals surface area contributed by atoms with E-state index in [9.17, 15) is 14.5 Å². The SMILES string of the molecule is C#Cc1c(F)c(COC(=O)c2ccccc2O[P+](=O)OCCCCCCCC)cc2cc(O)cc(-c3ncc4c(N5CC6CCC(C5)N6)nc(OC[C@@]56CCCN5C[C@H](C)C6)nc4c3F)c12. The lowest BCUT2D eigenvalue weighted by atomic mass is 9.92. The summed E-state index contributed by atoms with van der Waals surface area (Å²) in [6.07, 6.45) is 18.9. The molecule has 5 aromatic rings. The number of terminal acetylenes is 1. The quantitative estimate of drug-likeness (QED) is 0.0372. The van der Waals surface area contributed by atoms with Crippen LogP contribution in [0.25, 0.3) is 32.9 Å². The number of carbonyl (C=O) groups is 1. The van der Waals surface area contributed by atoms with Gasteiger partial charge in [0.15, 0.2) is 5.82 Å². The molecule has 0 saturated carbocycles. The van der Waals surface area contributed by atoms with Crippen molar-refractivity contribution in [3.05, 3.63) is 77.0 Å². The van der Waals surface area contributed by atoms with E-state index in [0.717, 1.165) is 77.3 Å². The Hall–Kier alpha value is -5.52. The topological polar surface area (TPSA) is 148 Å². The standard InChI is InChI=1S/C50H55F2N6O7P/c1-4-6-7-8-9-12-20-64-66(61)65-41-15-11-10-14-38(41)48(60)62-29-33-21-32-22-36(59)23-39(42(32)37(5-2)43(33)51)45-44(52)46-40(25-53-45)47(57-27-34-16-17-35(28-57)54-34)56-49(55-46)63-30-50-18-13-19-58(50)26-31(3)24-50/h2,10-11,14-15,21-23,25,31,34-35,54H,4,6-9,12-13,16-20,24,26-30H2,1,3H3/p+1/t31-,34?,35?,50+/m1/s1. The van der Waals surface area contributed by atoms with E-state index >= 15 is 8.78 Å². The Morgan fingerprint density at radius 2 is 1.83 bits per heavy atom. The Morgan fingerprint density at radius 3 is 2.64 bits per heavy atom. The molecule has 2 bridgehead atoms. The first kappa shape index (κ1) is 45.6. The van der Waals surface area contributed by atoms with Crippen molar-refractivity contribution in [3.8, 4) is 41.1 Å². The minimum Gasteiger partial charge on any atom is -0.508 e. The number of fused-ring (bicyclic) bond motifs is 5. The molecule has 4 aliphatic rings. The van der Waals surface area contributed by atoms with E-state index < -0.39 is 32.5 Å². The number of para-hydroxylation sites is 1. The van der Waals surface area contributed by atoms with Crippen LogP contribution in [0.4, 0.5) is 14.6 Å². The molecule has 4 aliphatic heterocycles. The number of pyridine rings is 1. The zero-order valence-electron chi connectivity index (χ0n) is 37.5. The maximum Gasteiger partial charge on any atom is 0.750 e. The van der Waals surface area contributed by atoms with Crippen molar-refractivity contribution in [1.29, 1.82) is 0 Å². The van der Waals surface area contributed by atoms with Gasteiger partial charge in [-0.05, 0) is 86.7 Å². The molecule has 13 nitrogen and oxygen atoms in total. The number of nitrogens with zero attached hydrogens (tertiary/aromatic N) is 5. The molecule has 3 unspecified atom stereocenters. The normalized spacial score (nSPS) is 21.6. The monoisotopic (exact) mass is 921 g/mol. The number of carbonyl (C=O) groups excluding carboxylic acids is 1. The van der Waals surface area contributed by atoms with E-state index in [-0.39, 0.29) is 86.0 Å². The van der Waals surface area contributed by atoms with Gasteiger partial charge in [-0.1, -0.05) is 64.0 Å². The van der Waals surface area contributed by atoms with Crippen LogP contribution >= 0.6 is 8.25 Å². The number of hydrogen-bond acceptors (Lipinski definition) is 13. The second-order valence-corrected chi connectivity index (χ2v) is 19.3. The predicted molar refractivity (Wildman–Crippen MR) is 248 cm³/mol. The molecule has 66 heavy (non-hydrogen) atoms. The molecule has 9 rings (SSSR count). The fourth-order valence-electron chi connectivity index (χ4n) is 10.6. The van der Waals surface area contributed by atoms with E-state index in [1.54, 1.807) is 12.1 Å². The van der Waals surface area contributed by atoms with Crippen LogP contribution in [0.2, 0.25) is 0 Å². The third-order valence-corrected chi connectivity index (χ3v) is 14.3. The molecule has 346 valence electrons. The Labute approximate surface area is 384 Å². The summed E-state index contributed by atoms with van der Waals surface area (Å²) in [6.45, 7) is 7.84. The van der Waals surface area contributed by atoms with E-state index in [2.05, 4.69) is 44.9 Å². The van der Waals surface area contributed by atoms with Gasteiger partial charge in [0.2, 0.25) is 5.75 Å². The second kappa shape index (κ2) is 19.8. The zero-order chi connectivity index (χ0) is 46.0. The molecule has 0 radical (unpaired) electrons. The van der Waals surface area contributed by atoms with E-state index in [0.29, 0.717) is 36.8 Å². The molecule has 6 heterocycles. The molecule has 2 aromatic heterocycles. The molecule has 2 N–H and O–H groups in total. The number of hydrogen-bond donors (Lipinski definition) is 2. The summed E-state index contributed by atoms with van der Waals surface area (Å²) in [5.41, 5.74) is -0.685. The van der Waals surface area contributed by atoms with Gasteiger partial charge in [-0.2, -0.15) is 9.97 Å². The summed E-state index contributed by atoms with van der Waals surface area (Å²) in [4.78, 5) is 32.3. The summed E-state index contributed by atoms with van der Waals surface area (Å²) in [5, 5.41) is 15.5. The summed E-state index contributed by atoms with van der Waals surface area (Å²) in [6, 6.07) is 10.7. The van der Waals surface area contributed by atoms with Crippen LogP contribution in [0.3, 0.4) is 0 Å². The first-order valence-electron chi connectivity index (χ1n) is 23.3. The number of anilines is 1. The Kier molecular flexibility index (Phi) is 13.7. The number of ether oxygens (including phenoxy) is 2. The minimum atomic E-state index is -2.58. The fourth-order valence-corrected chi connectivity index (χ4v) is 11.2. The molecule has 4 fully saturated rings. The van der Waals surface area contributed by atoms with Crippen molar-refractivity contribution >= 4 is 41.7 Å². The number of halogens is 2. The van der Waals surface area contributed by atoms with Crippen molar-refractivity contribution in [3.63, 3.8) is 0 Å². The maximum absolute atomic E-state index is 17.4. The first-order valence-corrected chi connectivity index (χ1v) is 24.4. The number of rotatable bonds is 18. The summed E-state index contributed by atoms with van der Waals surface area (Å²) >= 11 is 0.